The number of rotatable bonds is 7. The number of anilines is 1. The summed E-state index contributed by atoms with van der Waals surface area (Å²) < 4.78 is 0. The van der Waals surface area contributed by atoms with E-state index in [0.29, 0.717) is 6.04 Å². The molecule has 0 radical (unpaired) electrons. The van der Waals surface area contributed by atoms with Gasteiger partial charge in [0, 0.05) is 48.3 Å². The molecule has 0 spiro atoms. The lowest BCUT2D eigenvalue weighted by Crippen LogP contribution is -2.29. The van der Waals surface area contributed by atoms with Crippen LogP contribution in [0, 0.1) is 6.92 Å². The normalized spacial score (nSPS) is 15.0. The zero-order valence-corrected chi connectivity index (χ0v) is 12.7. The summed E-state index contributed by atoms with van der Waals surface area (Å²) in [6, 6.07) is 3.53. The van der Waals surface area contributed by atoms with Crippen molar-refractivity contribution in [2.24, 2.45) is 0 Å². The number of nitrogens with zero attached hydrogens (tertiary/aromatic N) is 2. The first-order valence-electron chi connectivity index (χ1n) is 7.57. The fourth-order valence-corrected chi connectivity index (χ4v) is 2.42. The van der Waals surface area contributed by atoms with Gasteiger partial charge in [0.25, 0.3) is 0 Å². The monoisotopic (exact) mass is 261 g/mol. The van der Waals surface area contributed by atoms with Crippen LogP contribution in [0.4, 0.5) is 5.69 Å². The summed E-state index contributed by atoms with van der Waals surface area (Å²) >= 11 is 0. The predicted octanol–water partition coefficient (Wildman–Crippen LogP) is 3.27. The number of hydrogen-bond acceptors (Lipinski definition) is 3. The summed E-state index contributed by atoms with van der Waals surface area (Å²) in [5, 5.41) is 3.51. The largest absolute Gasteiger partial charge is 0.368 e. The van der Waals surface area contributed by atoms with Gasteiger partial charge in [0.05, 0.1) is 0 Å². The van der Waals surface area contributed by atoms with E-state index in [1.54, 1.807) is 0 Å². The van der Waals surface area contributed by atoms with Gasteiger partial charge < -0.3 is 10.2 Å². The van der Waals surface area contributed by atoms with Crippen molar-refractivity contribution in [1.29, 1.82) is 0 Å². The Labute approximate surface area is 117 Å². The van der Waals surface area contributed by atoms with Crippen LogP contribution in [0.1, 0.15) is 51.3 Å². The van der Waals surface area contributed by atoms with E-state index < -0.39 is 0 Å². The summed E-state index contributed by atoms with van der Waals surface area (Å²) in [6.45, 7) is 10.8. The molecule has 1 N–H and O–H groups in total. The van der Waals surface area contributed by atoms with E-state index in [9.17, 15) is 0 Å². The number of hydrogen-bond donors (Lipinski definition) is 1. The lowest BCUT2D eigenvalue weighted by atomic mass is 10.1. The molecule has 0 amide bonds. The van der Waals surface area contributed by atoms with E-state index in [0.717, 1.165) is 24.8 Å². The van der Waals surface area contributed by atoms with Crippen LogP contribution in [0.2, 0.25) is 0 Å². The van der Waals surface area contributed by atoms with Crippen LogP contribution in [0.5, 0.6) is 0 Å². The zero-order valence-electron chi connectivity index (χ0n) is 12.7. The third-order valence-corrected chi connectivity index (χ3v) is 3.56. The van der Waals surface area contributed by atoms with Crippen LogP contribution in [0.3, 0.4) is 0 Å². The Bertz CT molecular complexity index is 410. The molecule has 0 unspecified atom stereocenters. The van der Waals surface area contributed by atoms with Crippen molar-refractivity contribution in [1.82, 2.24) is 10.3 Å². The van der Waals surface area contributed by atoms with Gasteiger partial charge in [-0.1, -0.05) is 20.8 Å². The first kappa shape index (κ1) is 14.3. The van der Waals surface area contributed by atoms with Crippen molar-refractivity contribution in [3.8, 4) is 0 Å². The molecule has 1 aliphatic carbocycles. The van der Waals surface area contributed by atoms with E-state index in [1.807, 2.05) is 6.20 Å². The Morgan fingerprint density at radius 2 is 2.16 bits per heavy atom. The average molecular weight is 261 g/mol. The van der Waals surface area contributed by atoms with Crippen LogP contribution in [0.15, 0.2) is 12.3 Å². The number of aryl methyl sites for hydroxylation is 1. The molecule has 1 aromatic heterocycles. The number of nitrogens with one attached hydrogen (secondary N) is 1. The highest BCUT2D eigenvalue weighted by molar-refractivity contribution is 5.55. The fourth-order valence-electron chi connectivity index (χ4n) is 2.42. The molecule has 0 aliphatic heterocycles. The van der Waals surface area contributed by atoms with Gasteiger partial charge in [0.1, 0.15) is 0 Å². The van der Waals surface area contributed by atoms with Gasteiger partial charge in [-0.05, 0) is 32.3 Å². The molecule has 0 saturated heterocycles. The summed E-state index contributed by atoms with van der Waals surface area (Å²) in [6.07, 6.45) is 5.94. The zero-order chi connectivity index (χ0) is 13.8. The van der Waals surface area contributed by atoms with Gasteiger partial charge in [0.2, 0.25) is 0 Å². The second kappa shape index (κ2) is 6.38. The molecule has 1 aliphatic rings. The van der Waals surface area contributed by atoms with Crippen molar-refractivity contribution in [3.05, 3.63) is 23.5 Å². The van der Waals surface area contributed by atoms with E-state index in [2.05, 4.69) is 49.0 Å². The second-order valence-corrected chi connectivity index (χ2v) is 5.91. The van der Waals surface area contributed by atoms with Gasteiger partial charge >= 0.3 is 0 Å². The maximum atomic E-state index is 4.47. The lowest BCUT2D eigenvalue weighted by molar-refractivity contribution is 0.586. The van der Waals surface area contributed by atoms with Gasteiger partial charge in [0.15, 0.2) is 0 Å². The molecule has 19 heavy (non-hydrogen) atoms. The van der Waals surface area contributed by atoms with Crippen molar-refractivity contribution >= 4 is 5.69 Å². The number of aromatic nitrogens is 1. The first-order chi connectivity index (χ1) is 9.11. The fraction of sp³-hybridized carbons (Fsp3) is 0.688. The van der Waals surface area contributed by atoms with E-state index in [4.69, 9.17) is 0 Å². The predicted molar refractivity (Wildman–Crippen MR) is 81.6 cm³/mol. The van der Waals surface area contributed by atoms with Crippen molar-refractivity contribution in [2.75, 3.05) is 11.4 Å². The van der Waals surface area contributed by atoms with Gasteiger partial charge in [-0.2, -0.15) is 0 Å². The van der Waals surface area contributed by atoms with Crippen LogP contribution in [-0.2, 0) is 6.54 Å². The molecule has 0 aromatic carbocycles. The van der Waals surface area contributed by atoms with E-state index in [1.165, 1.54) is 30.5 Å². The Morgan fingerprint density at radius 3 is 2.74 bits per heavy atom. The lowest BCUT2D eigenvalue weighted by Gasteiger charge is -2.27. The molecular formula is C16H27N3. The van der Waals surface area contributed by atoms with Crippen LogP contribution >= 0.6 is 0 Å². The molecule has 1 heterocycles. The summed E-state index contributed by atoms with van der Waals surface area (Å²) in [5.41, 5.74) is 3.84. The molecule has 2 rings (SSSR count). The minimum atomic E-state index is 0.509. The molecule has 3 nitrogen and oxygen atoms in total. The van der Waals surface area contributed by atoms with Gasteiger partial charge in [-0.3, -0.25) is 4.98 Å². The van der Waals surface area contributed by atoms with Crippen molar-refractivity contribution < 1.29 is 0 Å². The average Bonchev–Trinajstić information content (AvgIpc) is 3.18. The van der Waals surface area contributed by atoms with Crippen LogP contribution in [-0.4, -0.2) is 23.6 Å². The molecular weight excluding hydrogens is 234 g/mol. The minimum absolute atomic E-state index is 0.509. The smallest absolute Gasteiger partial charge is 0.0448 e. The molecule has 1 aromatic rings. The SMILES string of the molecule is CCCN(c1cc(C)ncc1CNC(C)C)C1CC1. The third kappa shape index (κ3) is 3.93. The highest BCUT2D eigenvalue weighted by Gasteiger charge is 2.29. The Balaban J connectivity index is 2.21. The summed E-state index contributed by atoms with van der Waals surface area (Å²) in [4.78, 5) is 7.06. The molecule has 3 heteroatoms. The molecule has 0 bridgehead atoms. The summed E-state index contributed by atoms with van der Waals surface area (Å²) in [5.74, 6) is 0. The Hall–Kier alpha value is -1.09. The standard InChI is InChI=1S/C16H27N3/c1-5-8-19(15-6-7-15)16-9-13(4)18-11-14(16)10-17-12(2)3/h9,11-12,15,17H,5-8,10H2,1-4H3. The van der Waals surface area contributed by atoms with Crippen molar-refractivity contribution in [2.45, 2.75) is 65.6 Å². The van der Waals surface area contributed by atoms with Gasteiger partial charge in [-0.15, -0.1) is 0 Å². The van der Waals surface area contributed by atoms with Crippen molar-refractivity contribution in [3.63, 3.8) is 0 Å². The van der Waals surface area contributed by atoms with Gasteiger partial charge in [-0.25, -0.2) is 0 Å². The molecule has 1 fully saturated rings. The Kier molecular flexibility index (Phi) is 4.81. The highest BCUT2D eigenvalue weighted by Crippen LogP contribution is 2.33. The highest BCUT2D eigenvalue weighted by atomic mass is 15.2. The van der Waals surface area contributed by atoms with E-state index >= 15 is 0 Å². The van der Waals surface area contributed by atoms with Crippen LogP contribution < -0.4 is 10.2 Å². The third-order valence-electron chi connectivity index (χ3n) is 3.56. The number of pyridine rings is 1. The minimum Gasteiger partial charge on any atom is -0.368 e. The quantitative estimate of drug-likeness (QED) is 0.816. The molecule has 0 atom stereocenters. The second-order valence-electron chi connectivity index (χ2n) is 5.91. The van der Waals surface area contributed by atoms with E-state index in [-0.39, 0.29) is 0 Å². The molecule has 1 saturated carbocycles. The molecule has 106 valence electrons. The maximum absolute atomic E-state index is 4.47. The first-order valence-corrected chi connectivity index (χ1v) is 7.57. The summed E-state index contributed by atoms with van der Waals surface area (Å²) in [7, 11) is 0. The van der Waals surface area contributed by atoms with Crippen LogP contribution in [0.25, 0.3) is 0 Å². The maximum Gasteiger partial charge on any atom is 0.0448 e. The Morgan fingerprint density at radius 1 is 1.42 bits per heavy atom. The topological polar surface area (TPSA) is 28.2 Å².